The quantitative estimate of drug-likeness (QED) is 0.541. The number of amides is 2. The van der Waals surface area contributed by atoms with E-state index in [1.807, 2.05) is 5.48 Å². The second kappa shape index (κ2) is 4.94. The Bertz CT molecular complexity index is 364. The minimum Gasteiger partial charge on any atom is -0.303 e. The van der Waals surface area contributed by atoms with Gasteiger partial charge in [0.2, 0.25) is 0 Å². The lowest BCUT2D eigenvalue weighted by atomic mass is 10.3. The predicted molar refractivity (Wildman–Crippen MR) is 52.8 cm³/mol. The van der Waals surface area contributed by atoms with Gasteiger partial charge in [-0.25, -0.2) is 19.1 Å². The number of hydrogen-bond acceptors (Lipinski definition) is 3. The van der Waals surface area contributed by atoms with Gasteiger partial charge < -0.3 is 5.32 Å². The molecule has 0 saturated carbocycles. The molecule has 0 fully saturated rings. The Hall–Kier alpha value is -1.34. The van der Waals surface area contributed by atoms with E-state index in [2.05, 4.69) is 22.8 Å². The van der Waals surface area contributed by atoms with Gasteiger partial charge in [0.05, 0.1) is 12.8 Å². The molecular formula is C8H8F2N2O2S. The summed E-state index contributed by atoms with van der Waals surface area (Å²) in [7, 11) is 1.22. The molecule has 1 rings (SSSR count). The van der Waals surface area contributed by atoms with Gasteiger partial charge in [-0.3, -0.25) is 4.84 Å². The Morgan fingerprint density at radius 1 is 1.47 bits per heavy atom. The van der Waals surface area contributed by atoms with Crippen LogP contribution in [0.2, 0.25) is 0 Å². The molecule has 0 aliphatic carbocycles. The summed E-state index contributed by atoms with van der Waals surface area (Å²) in [5.74, 6) is -1.68. The normalized spacial score (nSPS) is 9.87. The van der Waals surface area contributed by atoms with Crippen LogP contribution >= 0.6 is 12.6 Å². The van der Waals surface area contributed by atoms with E-state index >= 15 is 0 Å². The number of rotatable bonds is 2. The van der Waals surface area contributed by atoms with E-state index in [1.165, 1.54) is 7.11 Å². The van der Waals surface area contributed by atoms with Crippen molar-refractivity contribution in [1.29, 1.82) is 0 Å². The summed E-state index contributed by atoms with van der Waals surface area (Å²) in [4.78, 5) is 15.2. The Labute approximate surface area is 90.0 Å². The first kappa shape index (κ1) is 11.7. The lowest BCUT2D eigenvalue weighted by Crippen LogP contribution is -2.28. The van der Waals surface area contributed by atoms with Crippen molar-refractivity contribution in [3.05, 3.63) is 23.8 Å². The summed E-state index contributed by atoms with van der Waals surface area (Å²) in [5, 5.41) is 2.11. The molecule has 15 heavy (non-hydrogen) atoms. The maximum absolute atomic E-state index is 13.1. The number of urea groups is 1. The zero-order chi connectivity index (χ0) is 11.4. The van der Waals surface area contributed by atoms with Crippen LogP contribution in [0.25, 0.3) is 0 Å². The van der Waals surface area contributed by atoms with Gasteiger partial charge in [0.15, 0.2) is 5.82 Å². The van der Waals surface area contributed by atoms with Crippen LogP contribution < -0.4 is 10.8 Å². The number of thiol groups is 1. The fraction of sp³-hybridized carbons (Fsp3) is 0.125. The lowest BCUT2D eigenvalue weighted by Gasteiger charge is -2.08. The average Bonchev–Trinajstić information content (AvgIpc) is 2.11. The van der Waals surface area contributed by atoms with Gasteiger partial charge in [-0.2, -0.15) is 0 Å². The lowest BCUT2D eigenvalue weighted by molar-refractivity contribution is 0.114. The van der Waals surface area contributed by atoms with E-state index in [0.29, 0.717) is 6.07 Å². The van der Waals surface area contributed by atoms with Crippen LogP contribution in [0.3, 0.4) is 0 Å². The van der Waals surface area contributed by atoms with Crippen LogP contribution in [0.1, 0.15) is 0 Å². The van der Waals surface area contributed by atoms with Crippen LogP contribution in [0.4, 0.5) is 19.3 Å². The van der Waals surface area contributed by atoms with E-state index in [0.717, 1.165) is 6.07 Å². The SMILES string of the molecule is CONC(=O)Nc1c(F)cc(F)cc1S. The van der Waals surface area contributed by atoms with Gasteiger partial charge in [-0.1, -0.05) is 0 Å². The first-order valence-electron chi connectivity index (χ1n) is 3.82. The minimum atomic E-state index is -0.911. The predicted octanol–water partition coefficient (Wildman–Crippen LogP) is 1.94. The molecule has 2 N–H and O–H groups in total. The fourth-order valence-electron chi connectivity index (χ4n) is 0.916. The second-order valence-electron chi connectivity index (χ2n) is 2.54. The zero-order valence-electron chi connectivity index (χ0n) is 7.67. The molecule has 0 bridgehead atoms. The molecule has 0 atom stereocenters. The van der Waals surface area contributed by atoms with Crippen LogP contribution in [0, 0.1) is 11.6 Å². The van der Waals surface area contributed by atoms with Crippen LogP contribution in [0.5, 0.6) is 0 Å². The number of carbonyl (C=O) groups is 1. The molecule has 1 aromatic rings. The van der Waals surface area contributed by atoms with Crippen LogP contribution in [-0.2, 0) is 4.84 Å². The third-order valence-electron chi connectivity index (χ3n) is 1.47. The van der Waals surface area contributed by atoms with E-state index in [1.54, 1.807) is 0 Å². The number of carbonyl (C=O) groups excluding carboxylic acids is 1. The van der Waals surface area contributed by atoms with Crippen molar-refractivity contribution in [1.82, 2.24) is 5.48 Å². The Morgan fingerprint density at radius 3 is 2.67 bits per heavy atom. The van der Waals surface area contributed by atoms with Crippen molar-refractivity contribution < 1.29 is 18.4 Å². The Balaban J connectivity index is 2.90. The third kappa shape index (κ3) is 3.07. The molecule has 0 saturated heterocycles. The Morgan fingerprint density at radius 2 is 2.13 bits per heavy atom. The number of hydroxylamine groups is 1. The molecule has 4 nitrogen and oxygen atoms in total. The zero-order valence-corrected chi connectivity index (χ0v) is 8.57. The first-order valence-corrected chi connectivity index (χ1v) is 4.27. The van der Waals surface area contributed by atoms with Gasteiger partial charge in [-0.15, -0.1) is 12.6 Å². The largest absolute Gasteiger partial charge is 0.343 e. The molecule has 0 aliphatic rings. The number of halogens is 2. The number of anilines is 1. The van der Waals surface area contributed by atoms with E-state index in [-0.39, 0.29) is 10.6 Å². The van der Waals surface area contributed by atoms with E-state index < -0.39 is 17.7 Å². The molecule has 0 radical (unpaired) electrons. The van der Waals surface area contributed by atoms with Gasteiger partial charge in [0.1, 0.15) is 5.82 Å². The summed E-state index contributed by atoms with van der Waals surface area (Å²) in [6.07, 6.45) is 0. The van der Waals surface area contributed by atoms with Gasteiger partial charge >= 0.3 is 6.03 Å². The van der Waals surface area contributed by atoms with Crippen molar-refractivity contribution in [2.45, 2.75) is 4.90 Å². The van der Waals surface area contributed by atoms with Crippen molar-refractivity contribution in [3.63, 3.8) is 0 Å². The highest BCUT2D eigenvalue weighted by atomic mass is 32.1. The highest BCUT2D eigenvalue weighted by molar-refractivity contribution is 7.80. The van der Waals surface area contributed by atoms with Crippen molar-refractivity contribution in [3.8, 4) is 0 Å². The second-order valence-corrected chi connectivity index (χ2v) is 3.02. The standard InChI is InChI=1S/C8H8F2N2O2S/c1-14-12-8(13)11-7-5(10)2-4(9)3-6(7)15/h2-3,15H,1H3,(H2,11,12,13). The highest BCUT2D eigenvalue weighted by Gasteiger charge is 2.11. The van der Waals surface area contributed by atoms with Crippen molar-refractivity contribution >= 4 is 24.3 Å². The smallest absolute Gasteiger partial charge is 0.303 e. The van der Waals surface area contributed by atoms with Gasteiger partial charge in [0, 0.05) is 11.0 Å². The summed E-state index contributed by atoms with van der Waals surface area (Å²) >= 11 is 3.82. The first-order chi connectivity index (χ1) is 7.04. The molecule has 0 heterocycles. The van der Waals surface area contributed by atoms with Gasteiger partial charge in [0.25, 0.3) is 0 Å². The third-order valence-corrected chi connectivity index (χ3v) is 1.82. The minimum absolute atomic E-state index is 0.0150. The van der Waals surface area contributed by atoms with Crippen LogP contribution in [-0.4, -0.2) is 13.1 Å². The maximum atomic E-state index is 13.1. The van der Waals surface area contributed by atoms with Crippen molar-refractivity contribution in [2.75, 3.05) is 12.4 Å². The molecule has 0 unspecified atom stereocenters. The van der Waals surface area contributed by atoms with E-state index in [4.69, 9.17) is 0 Å². The summed E-state index contributed by atoms with van der Waals surface area (Å²) in [5.41, 5.74) is 1.71. The fourth-order valence-corrected chi connectivity index (χ4v) is 1.20. The van der Waals surface area contributed by atoms with Crippen molar-refractivity contribution in [2.24, 2.45) is 0 Å². The maximum Gasteiger partial charge on any atom is 0.343 e. The molecule has 0 spiro atoms. The number of hydrogen-bond donors (Lipinski definition) is 3. The highest BCUT2D eigenvalue weighted by Crippen LogP contribution is 2.24. The molecule has 0 aromatic heterocycles. The molecule has 82 valence electrons. The van der Waals surface area contributed by atoms with Gasteiger partial charge in [-0.05, 0) is 6.07 Å². The number of benzene rings is 1. The Kier molecular flexibility index (Phi) is 3.87. The number of nitrogens with one attached hydrogen (secondary N) is 2. The molecule has 0 aliphatic heterocycles. The summed E-state index contributed by atoms with van der Waals surface area (Å²) in [6, 6.07) is 0.842. The molecule has 1 aromatic carbocycles. The monoisotopic (exact) mass is 234 g/mol. The summed E-state index contributed by atoms with van der Waals surface area (Å²) < 4.78 is 25.8. The average molecular weight is 234 g/mol. The summed E-state index contributed by atoms with van der Waals surface area (Å²) in [6.45, 7) is 0. The van der Waals surface area contributed by atoms with Crippen LogP contribution in [0.15, 0.2) is 17.0 Å². The molecular weight excluding hydrogens is 226 g/mol. The topological polar surface area (TPSA) is 50.4 Å². The molecule has 2 amide bonds. The van der Waals surface area contributed by atoms with E-state index in [9.17, 15) is 13.6 Å². The molecule has 7 heteroatoms.